The Balaban J connectivity index is 3.00. The summed E-state index contributed by atoms with van der Waals surface area (Å²) < 4.78 is 0. The minimum absolute atomic E-state index is 0.821. The third-order valence-electron chi connectivity index (χ3n) is 2.10. The molecule has 0 aliphatic rings. The first kappa shape index (κ1) is 12.3. The standard InChI is InChI=1S/C12H23N/c1-11(2)9-7-5-4-6-8-10-12(3)13/h1,3-10,13H2,2H3. The van der Waals surface area contributed by atoms with E-state index in [9.17, 15) is 0 Å². The van der Waals surface area contributed by atoms with Crippen molar-refractivity contribution >= 4 is 0 Å². The Morgan fingerprint density at radius 1 is 0.923 bits per heavy atom. The molecule has 0 aliphatic carbocycles. The van der Waals surface area contributed by atoms with Gasteiger partial charge in [-0.25, -0.2) is 0 Å². The summed E-state index contributed by atoms with van der Waals surface area (Å²) in [6, 6.07) is 0. The molecule has 0 aliphatic heterocycles. The van der Waals surface area contributed by atoms with Gasteiger partial charge >= 0.3 is 0 Å². The average molecular weight is 181 g/mol. The van der Waals surface area contributed by atoms with Crippen LogP contribution in [0.4, 0.5) is 0 Å². The van der Waals surface area contributed by atoms with Crippen molar-refractivity contribution in [2.24, 2.45) is 5.73 Å². The van der Waals surface area contributed by atoms with E-state index < -0.39 is 0 Å². The molecule has 0 heterocycles. The van der Waals surface area contributed by atoms with Crippen LogP contribution in [0.5, 0.6) is 0 Å². The molecule has 0 saturated carbocycles. The van der Waals surface area contributed by atoms with Gasteiger partial charge in [0.05, 0.1) is 0 Å². The van der Waals surface area contributed by atoms with E-state index in [-0.39, 0.29) is 0 Å². The van der Waals surface area contributed by atoms with Crippen LogP contribution in [0.2, 0.25) is 0 Å². The van der Waals surface area contributed by atoms with Gasteiger partial charge < -0.3 is 5.73 Å². The fourth-order valence-electron chi connectivity index (χ4n) is 1.31. The van der Waals surface area contributed by atoms with Gasteiger partial charge in [-0.15, -0.1) is 6.58 Å². The lowest BCUT2D eigenvalue weighted by atomic mass is 10.1. The smallest absolute Gasteiger partial charge is 0.000744 e. The zero-order chi connectivity index (χ0) is 10.1. The monoisotopic (exact) mass is 181 g/mol. The Hall–Kier alpha value is -0.720. The number of allylic oxidation sites excluding steroid dienone is 2. The van der Waals surface area contributed by atoms with Crippen LogP contribution in [0, 0.1) is 0 Å². The molecule has 0 aromatic heterocycles. The first-order chi connectivity index (χ1) is 6.13. The van der Waals surface area contributed by atoms with Gasteiger partial charge in [-0.2, -0.15) is 0 Å². The highest BCUT2D eigenvalue weighted by molar-refractivity contribution is 4.87. The van der Waals surface area contributed by atoms with Crippen LogP contribution in [0.3, 0.4) is 0 Å². The van der Waals surface area contributed by atoms with Crippen molar-refractivity contribution in [2.45, 2.75) is 51.9 Å². The summed E-state index contributed by atoms with van der Waals surface area (Å²) in [6.45, 7) is 9.66. The molecule has 0 amide bonds. The molecule has 0 fully saturated rings. The Kier molecular flexibility index (Phi) is 7.47. The number of rotatable bonds is 8. The number of unbranched alkanes of at least 4 members (excludes halogenated alkanes) is 4. The second-order valence-corrected chi connectivity index (χ2v) is 3.88. The van der Waals surface area contributed by atoms with Gasteiger partial charge in [-0.3, -0.25) is 0 Å². The number of hydrogen-bond donors (Lipinski definition) is 1. The van der Waals surface area contributed by atoms with Gasteiger partial charge in [-0.05, 0) is 32.6 Å². The Morgan fingerprint density at radius 3 is 1.85 bits per heavy atom. The normalized spacial score (nSPS) is 9.92. The first-order valence-corrected chi connectivity index (χ1v) is 5.20. The highest BCUT2D eigenvalue weighted by Crippen LogP contribution is 2.10. The van der Waals surface area contributed by atoms with Crippen molar-refractivity contribution < 1.29 is 0 Å². The second kappa shape index (κ2) is 7.90. The fourth-order valence-corrected chi connectivity index (χ4v) is 1.31. The quantitative estimate of drug-likeness (QED) is 0.448. The molecule has 1 heteroatoms. The Bertz CT molecular complexity index is 141. The highest BCUT2D eigenvalue weighted by atomic mass is 14.5. The van der Waals surface area contributed by atoms with E-state index in [4.69, 9.17) is 5.73 Å². The van der Waals surface area contributed by atoms with Crippen LogP contribution in [0.25, 0.3) is 0 Å². The highest BCUT2D eigenvalue weighted by Gasteiger charge is 1.92. The minimum atomic E-state index is 0.821. The van der Waals surface area contributed by atoms with Crippen molar-refractivity contribution in [3.05, 3.63) is 24.4 Å². The van der Waals surface area contributed by atoms with E-state index in [1.807, 2.05) is 0 Å². The predicted octanol–water partition coefficient (Wildman–Crippen LogP) is 3.77. The summed E-state index contributed by atoms with van der Waals surface area (Å²) in [4.78, 5) is 0. The maximum Gasteiger partial charge on any atom is 0.000744 e. The second-order valence-electron chi connectivity index (χ2n) is 3.88. The van der Waals surface area contributed by atoms with Gasteiger partial charge in [0.25, 0.3) is 0 Å². The lowest BCUT2D eigenvalue weighted by Crippen LogP contribution is -1.93. The summed E-state index contributed by atoms with van der Waals surface area (Å²) in [5, 5.41) is 0. The third-order valence-corrected chi connectivity index (χ3v) is 2.10. The lowest BCUT2D eigenvalue weighted by Gasteiger charge is -2.01. The van der Waals surface area contributed by atoms with Gasteiger partial charge in [0, 0.05) is 5.70 Å². The minimum Gasteiger partial charge on any atom is -0.403 e. The summed E-state index contributed by atoms with van der Waals surface area (Å²) >= 11 is 0. The van der Waals surface area contributed by atoms with Crippen LogP contribution >= 0.6 is 0 Å². The molecule has 1 nitrogen and oxygen atoms in total. The largest absolute Gasteiger partial charge is 0.403 e. The van der Waals surface area contributed by atoms with E-state index in [1.54, 1.807) is 0 Å². The van der Waals surface area contributed by atoms with Crippen molar-refractivity contribution in [3.8, 4) is 0 Å². The fraction of sp³-hybridized carbons (Fsp3) is 0.667. The van der Waals surface area contributed by atoms with Crippen LogP contribution in [0.1, 0.15) is 51.9 Å². The molecule has 0 bridgehead atoms. The van der Waals surface area contributed by atoms with Crippen LogP contribution in [0.15, 0.2) is 24.4 Å². The molecule has 0 atom stereocenters. The van der Waals surface area contributed by atoms with Gasteiger partial charge in [0.1, 0.15) is 0 Å². The maximum absolute atomic E-state index is 5.47. The van der Waals surface area contributed by atoms with Gasteiger partial charge in [0.15, 0.2) is 0 Å². The summed E-state index contributed by atoms with van der Waals surface area (Å²) in [6.07, 6.45) is 8.59. The van der Waals surface area contributed by atoms with Crippen molar-refractivity contribution in [1.29, 1.82) is 0 Å². The van der Waals surface area contributed by atoms with Crippen molar-refractivity contribution in [1.82, 2.24) is 0 Å². The van der Waals surface area contributed by atoms with Gasteiger partial charge in [0.2, 0.25) is 0 Å². The van der Waals surface area contributed by atoms with E-state index >= 15 is 0 Å². The Labute approximate surface area is 82.7 Å². The summed E-state index contributed by atoms with van der Waals surface area (Å²) in [5.41, 5.74) is 7.59. The van der Waals surface area contributed by atoms with E-state index in [1.165, 1.54) is 44.1 Å². The number of hydrogen-bond acceptors (Lipinski definition) is 1. The van der Waals surface area contributed by atoms with Crippen molar-refractivity contribution in [2.75, 3.05) is 0 Å². The lowest BCUT2D eigenvalue weighted by molar-refractivity contribution is 0.611. The molecule has 76 valence electrons. The molecular formula is C12H23N. The predicted molar refractivity (Wildman–Crippen MR) is 60.5 cm³/mol. The average Bonchev–Trinajstić information content (AvgIpc) is 2.01. The molecule has 0 aromatic carbocycles. The van der Waals surface area contributed by atoms with E-state index in [0.717, 1.165) is 12.1 Å². The number of nitrogens with two attached hydrogens (primary N) is 1. The zero-order valence-corrected chi connectivity index (χ0v) is 8.94. The SMILES string of the molecule is C=C(C)CCCCCCCC(=C)N. The first-order valence-electron chi connectivity index (χ1n) is 5.20. The van der Waals surface area contributed by atoms with E-state index in [2.05, 4.69) is 20.1 Å². The molecule has 0 aromatic rings. The molecule has 0 rings (SSSR count). The Morgan fingerprint density at radius 2 is 1.38 bits per heavy atom. The van der Waals surface area contributed by atoms with Gasteiger partial charge in [-0.1, -0.05) is 31.4 Å². The maximum atomic E-state index is 5.47. The molecule has 2 N–H and O–H groups in total. The third kappa shape index (κ3) is 11.3. The molecular weight excluding hydrogens is 158 g/mol. The molecule has 0 saturated heterocycles. The molecule has 13 heavy (non-hydrogen) atoms. The van der Waals surface area contributed by atoms with E-state index in [0.29, 0.717) is 0 Å². The van der Waals surface area contributed by atoms with Crippen LogP contribution in [-0.4, -0.2) is 0 Å². The molecule has 0 unspecified atom stereocenters. The van der Waals surface area contributed by atoms with Crippen LogP contribution in [-0.2, 0) is 0 Å². The van der Waals surface area contributed by atoms with Crippen molar-refractivity contribution in [3.63, 3.8) is 0 Å². The summed E-state index contributed by atoms with van der Waals surface area (Å²) in [5.74, 6) is 0. The zero-order valence-electron chi connectivity index (χ0n) is 8.94. The summed E-state index contributed by atoms with van der Waals surface area (Å²) in [7, 11) is 0. The molecule has 0 spiro atoms. The molecule has 0 radical (unpaired) electrons. The van der Waals surface area contributed by atoms with Crippen LogP contribution < -0.4 is 5.73 Å². The topological polar surface area (TPSA) is 26.0 Å².